The molecule has 0 saturated carbocycles. The van der Waals surface area contributed by atoms with Crippen LogP contribution in [0.2, 0.25) is 0 Å². The van der Waals surface area contributed by atoms with Gasteiger partial charge in [-0.25, -0.2) is 0 Å². The molecule has 4 nitrogen and oxygen atoms in total. The molecule has 0 aliphatic rings. The Kier molecular flexibility index (Phi) is 7.67. The Morgan fingerprint density at radius 1 is 1.08 bits per heavy atom. The number of carboxylic acids is 1. The van der Waals surface area contributed by atoms with Gasteiger partial charge in [-0.2, -0.15) is 0 Å². The zero-order valence-corrected chi connectivity index (χ0v) is 15.6. The van der Waals surface area contributed by atoms with E-state index in [-0.39, 0.29) is 5.92 Å². The number of aliphatic carboxylic acids is 1. The molecule has 0 aromatic heterocycles. The highest BCUT2D eigenvalue weighted by molar-refractivity contribution is 5.70. The first-order valence-electron chi connectivity index (χ1n) is 9.34. The molecule has 0 aliphatic heterocycles. The molecule has 0 radical (unpaired) electrons. The van der Waals surface area contributed by atoms with Crippen LogP contribution >= 0.6 is 0 Å². The standard InChI is InChI=1S/C22H29NO3/c1-16(2)21(18-9-6-10-20(24)14-18)11-12-23-15-19(22(25)26)13-17-7-4-3-5-8-17/h3-10,14,16,19,21,23-24H,11-13,15H2,1-2H3,(H,25,26)/p+1/t19-,21?/m0/s1. The summed E-state index contributed by atoms with van der Waals surface area (Å²) in [5.41, 5.74) is 2.21. The van der Waals surface area contributed by atoms with Gasteiger partial charge in [0, 0.05) is 6.42 Å². The Bertz CT molecular complexity index is 685. The predicted molar refractivity (Wildman–Crippen MR) is 103 cm³/mol. The highest BCUT2D eigenvalue weighted by Crippen LogP contribution is 2.29. The van der Waals surface area contributed by atoms with Crippen LogP contribution in [0.3, 0.4) is 0 Å². The van der Waals surface area contributed by atoms with E-state index in [4.69, 9.17) is 0 Å². The number of rotatable bonds is 10. The smallest absolute Gasteiger partial charge is 0.312 e. The van der Waals surface area contributed by atoms with Gasteiger partial charge >= 0.3 is 5.97 Å². The molecule has 0 saturated heterocycles. The molecule has 140 valence electrons. The molecular formula is C22H30NO3+. The second kappa shape index (κ2) is 9.97. The SMILES string of the molecule is CC(C)C(CC[NH2+]C[C@H](Cc1ccccc1)C(=O)O)c1cccc(O)c1. The van der Waals surface area contributed by atoms with E-state index in [9.17, 15) is 15.0 Å². The van der Waals surface area contributed by atoms with Crippen LogP contribution in [0.15, 0.2) is 54.6 Å². The monoisotopic (exact) mass is 356 g/mol. The van der Waals surface area contributed by atoms with E-state index in [0.717, 1.165) is 24.1 Å². The number of hydrogen-bond acceptors (Lipinski definition) is 2. The number of hydrogen-bond donors (Lipinski definition) is 3. The van der Waals surface area contributed by atoms with Crippen molar-refractivity contribution in [3.63, 3.8) is 0 Å². The van der Waals surface area contributed by atoms with Gasteiger partial charge in [0.2, 0.25) is 0 Å². The third-order valence-electron chi connectivity index (χ3n) is 4.91. The molecule has 4 N–H and O–H groups in total. The van der Waals surface area contributed by atoms with Crippen molar-refractivity contribution in [3.8, 4) is 5.75 Å². The second-order valence-electron chi connectivity index (χ2n) is 7.27. The Morgan fingerprint density at radius 2 is 1.81 bits per heavy atom. The van der Waals surface area contributed by atoms with E-state index in [1.165, 1.54) is 0 Å². The number of nitrogens with two attached hydrogens (primary N) is 1. The number of carbonyl (C=O) groups is 1. The fraction of sp³-hybridized carbons (Fsp3) is 0.409. The van der Waals surface area contributed by atoms with Crippen LogP contribution in [0, 0.1) is 11.8 Å². The van der Waals surface area contributed by atoms with Gasteiger partial charge in [-0.1, -0.05) is 56.3 Å². The van der Waals surface area contributed by atoms with Crippen molar-refractivity contribution < 1.29 is 20.3 Å². The lowest BCUT2D eigenvalue weighted by molar-refractivity contribution is -0.659. The Labute approximate surface area is 155 Å². The number of carboxylic acid groups (broad SMARTS) is 1. The summed E-state index contributed by atoms with van der Waals surface area (Å²) in [5.74, 6) is 0.000590. The van der Waals surface area contributed by atoms with Crippen molar-refractivity contribution in [1.29, 1.82) is 0 Å². The minimum absolute atomic E-state index is 0.297. The van der Waals surface area contributed by atoms with Crippen molar-refractivity contribution in [2.45, 2.75) is 32.6 Å². The summed E-state index contributed by atoms with van der Waals surface area (Å²) in [6, 6.07) is 17.2. The minimum Gasteiger partial charge on any atom is -0.508 e. The largest absolute Gasteiger partial charge is 0.508 e. The molecule has 4 heteroatoms. The van der Waals surface area contributed by atoms with E-state index in [1.807, 2.05) is 42.5 Å². The Balaban J connectivity index is 1.87. The second-order valence-corrected chi connectivity index (χ2v) is 7.27. The van der Waals surface area contributed by atoms with Crippen molar-refractivity contribution >= 4 is 5.97 Å². The number of aromatic hydroxyl groups is 1. The molecule has 0 amide bonds. The zero-order chi connectivity index (χ0) is 18.9. The maximum absolute atomic E-state index is 11.6. The third kappa shape index (κ3) is 6.19. The molecule has 0 spiro atoms. The van der Waals surface area contributed by atoms with Gasteiger partial charge in [0.05, 0.1) is 13.1 Å². The van der Waals surface area contributed by atoms with Gasteiger partial charge in [0.15, 0.2) is 0 Å². The molecule has 1 unspecified atom stereocenters. The summed E-state index contributed by atoms with van der Waals surface area (Å²) in [4.78, 5) is 11.6. The lowest BCUT2D eigenvalue weighted by atomic mass is 9.85. The summed E-state index contributed by atoms with van der Waals surface area (Å²) in [5, 5.41) is 21.3. The first-order valence-corrected chi connectivity index (χ1v) is 9.34. The van der Waals surface area contributed by atoms with E-state index in [2.05, 4.69) is 25.2 Å². The van der Waals surface area contributed by atoms with Gasteiger partial charge < -0.3 is 15.5 Å². The maximum atomic E-state index is 11.6. The number of phenolic OH excluding ortho intramolecular Hbond substituents is 1. The molecule has 2 atom stereocenters. The van der Waals surface area contributed by atoms with Crippen molar-refractivity contribution in [2.24, 2.45) is 11.8 Å². The highest BCUT2D eigenvalue weighted by atomic mass is 16.4. The van der Waals surface area contributed by atoms with Crippen LogP contribution in [0.25, 0.3) is 0 Å². The van der Waals surface area contributed by atoms with Gasteiger partial charge in [0.1, 0.15) is 11.7 Å². The van der Waals surface area contributed by atoms with Crippen LogP contribution in [-0.2, 0) is 11.2 Å². The Hall–Kier alpha value is -2.33. The number of benzene rings is 2. The molecule has 0 bridgehead atoms. The quantitative estimate of drug-likeness (QED) is 0.573. The fourth-order valence-electron chi connectivity index (χ4n) is 3.43. The summed E-state index contributed by atoms with van der Waals surface area (Å²) < 4.78 is 0. The molecule has 0 aliphatic carbocycles. The summed E-state index contributed by atoms with van der Waals surface area (Å²) in [7, 11) is 0. The van der Waals surface area contributed by atoms with Gasteiger partial charge in [-0.05, 0) is 41.5 Å². The molecular weight excluding hydrogens is 326 g/mol. The van der Waals surface area contributed by atoms with E-state index in [0.29, 0.717) is 30.6 Å². The average Bonchev–Trinajstić information content (AvgIpc) is 2.61. The summed E-state index contributed by atoms with van der Waals surface area (Å²) in [6.07, 6.45) is 1.52. The molecule has 0 fully saturated rings. The summed E-state index contributed by atoms with van der Waals surface area (Å²) >= 11 is 0. The summed E-state index contributed by atoms with van der Waals surface area (Å²) in [6.45, 7) is 5.82. The van der Waals surface area contributed by atoms with Crippen molar-refractivity contribution in [3.05, 3.63) is 65.7 Å². The van der Waals surface area contributed by atoms with Crippen LogP contribution in [-0.4, -0.2) is 29.3 Å². The van der Waals surface area contributed by atoms with Gasteiger partial charge in [-0.3, -0.25) is 4.79 Å². The first kappa shape index (κ1) is 20.0. The van der Waals surface area contributed by atoms with Crippen LogP contribution < -0.4 is 5.32 Å². The normalized spacial score (nSPS) is 13.5. The lowest BCUT2D eigenvalue weighted by Gasteiger charge is -2.21. The topological polar surface area (TPSA) is 74.1 Å². The molecule has 26 heavy (non-hydrogen) atoms. The zero-order valence-electron chi connectivity index (χ0n) is 15.6. The molecule has 2 aromatic carbocycles. The number of phenols is 1. The van der Waals surface area contributed by atoms with E-state index in [1.54, 1.807) is 6.07 Å². The maximum Gasteiger partial charge on any atom is 0.312 e. The Morgan fingerprint density at radius 3 is 2.42 bits per heavy atom. The van der Waals surface area contributed by atoms with Crippen molar-refractivity contribution in [2.75, 3.05) is 13.1 Å². The predicted octanol–water partition coefficient (Wildman–Crippen LogP) is 3.03. The third-order valence-corrected chi connectivity index (χ3v) is 4.91. The molecule has 2 rings (SSSR count). The van der Waals surface area contributed by atoms with E-state index >= 15 is 0 Å². The van der Waals surface area contributed by atoms with Crippen LogP contribution in [0.5, 0.6) is 5.75 Å². The fourth-order valence-corrected chi connectivity index (χ4v) is 3.43. The first-order chi connectivity index (χ1) is 12.5. The lowest BCUT2D eigenvalue weighted by Crippen LogP contribution is -2.86. The van der Waals surface area contributed by atoms with Crippen molar-refractivity contribution in [1.82, 2.24) is 0 Å². The van der Waals surface area contributed by atoms with Crippen LogP contribution in [0.4, 0.5) is 0 Å². The molecule has 0 heterocycles. The van der Waals surface area contributed by atoms with Gasteiger partial charge in [-0.15, -0.1) is 0 Å². The number of quaternary nitrogens is 1. The average molecular weight is 356 g/mol. The van der Waals surface area contributed by atoms with E-state index < -0.39 is 5.97 Å². The van der Waals surface area contributed by atoms with Crippen LogP contribution in [0.1, 0.15) is 37.3 Å². The highest BCUT2D eigenvalue weighted by Gasteiger charge is 2.21. The molecule has 2 aromatic rings. The minimum atomic E-state index is -0.738. The van der Waals surface area contributed by atoms with Gasteiger partial charge in [0.25, 0.3) is 0 Å².